The summed E-state index contributed by atoms with van der Waals surface area (Å²) in [4.78, 5) is 6.05. The molecule has 4 aromatic rings. The molecule has 0 aliphatic carbocycles. The lowest BCUT2D eigenvalue weighted by Crippen LogP contribution is -2.37. The molecule has 0 spiro atoms. The molecule has 1 atom stereocenters. The van der Waals surface area contributed by atoms with Crippen molar-refractivity contribution in [3.63, 3.8) is 0 Å². The van der Waals surface area contributed by atoms with E-state index in [1.165, 1.54) is 39.0 Å². The third kappa shape index (κ3) is 2.79. The van der Waals surface area contributed by atoms with Gasteiger partial charge in [0.2, 0.25) is 0 Å². The highest BCUT2D eigenvalue weighted by molar-refractivity contribution is 5.96. The van der Waals surface area contributed by atoms with Crippen LogP contribution in [0, 0.1) is 0 Å². The molecule has 29 heavy (non-hydrogen) atoms. The monoisotopic (exact) mass is 378 g/mol. The Morgan fingerprint density at radius 1 is 0.862 bits per heavy atom. The van der Waals surface area contributed by atoms with E-state index in [0.29, 0.717) is 6.04 Å². The second-order valence-corrected chi connectivity index (χ2v) is 8.48. The van der Waals surface area contributed by atoms with Crippen LogP contribution in [0.25, 0.3) is 28.2 Å². The van der Waals surface area contributed by atoms with Crippen LogP contribution in [0.15, 0.2) is 84.9 Å². The quantitative estimate of drug-likeness (QED) is 0.423. The highest BCUT2D eigenvalue weighted by Crippen LogP contribution is 2.45. The number of aromatic amines is 1. The van der Waals surface area contributed by atoms with Crippen molar-refractivity contribution in [1.29, 1.82) is 0 Å². The molecule has 0 saturated carbocycles. The predicted molar refractivity (Wildman–Crippen MR) is 124 cm³/mol. The standard InChI is InChI=1S/C27H26N2/c1-27(2)22-14-8-10-16-24(22)29(3)25(27)18-17-21-20-13-7-9-15-23(20)28-26(21)19-11-5-4-6-12-19/h4-18,25,28H,1-3H3/b18-17+. The smallest absolute Gasteiger partial charge is 0.0565 e. The van der Waals surface area contributed by atoms with E-state index in [0.717, 1.165) is 0 Å². The van der Waals surface area contributed by atoms with E-state index >= 15 is 0 Å². The van der Waals surface area contributed by atoms with E-state index in [1.807, 2.05) is 0 Å². The van der Waals surface area contributed by atoms with Gasteiger partial charge in [-0.3, -0.25) is 0 Å². The van der Waals surface area contributed by atoms with E-state index < -0.39 is 0 Å². The van der Waals surface area contributed by atoms with Crippen molar-refractivity contribution in [2.45, 2.75) is 25.3 Å². The SMILES string of the molecule is CN1c2ccccc2C(C)(C)C1/C=C/c1c(-c2ccccc2)[nH]c2ccccc12. The normalized spacial score (nSPS) is 17.9. The number of benzene rings is 3. The Kier molecular flexibility index (Phi) is 4.09. The second-order valence-electron chi connectivity index (χ2n) is 8.48. The minimum absolute atomic E-state index is 0.0564. The average molecular weight is 379 g/mol. The predicted octanol–water partition coefficient (Wildman–Crippen LogP) is 6.64. The first-order valence-corrected chi connectivity index (χ1v) is 10.2. The Morgan fingerprint density at radius 3 is 2.34 bits per heavy atom. The molecular weight excluding hydrogens is 352 g/mol. The number of aromatic nitrogens is 1. The topological polar surface area (TPSA) is 19.0 Å². The van der Waals surface area contributed by atoms with Gasteiger partial charge in [0.1, 0.15) is 0 Å². The molecule has 3 aromatic carbocycles. The van der Waals surface area contributed by atoms with Crippen LogP contribution in [-0.2, 0) is 5.41 Å². The number of para-hydroxylation sites is 2. The number of rotatable bonds is 3. The van der Waals surface area contributed by atoms with E-state index in [4.69, 9.17) is 0 Å². The zero-order valence-corrected chi connectivity index (χ0v) is 17.2. The van der Waals surface area contributed by atoms with Gasteiger partial charge in [0, 0.05) is 34.6 Å². The molecule has 0 amide bonds. The molecule has 0 bridgehead atoms. The second kappa shape index (κ2) is 6.66. The fraction of sp³-hybridized carbons (Fsp3) is 0.185. The number of hydrogen-bond donors (Lipinski definition) is 1. The summed E-state index contributed by atoms with van der Waals surface area (Å²) in [7, 11) is 2.20. The highest BCUT2D eigenvalue weighted by Gasteiger charge is 2.41. The molecule has 2 nitrogen and oxygen atoms in total. The van der Waals surface area contributed by atoms with Crippen LogP contribution < -0.4 is 4.90 Å². The van der Waals surface area contributed by atoms with Gasteiger partial charge >= 0.3 is 0 Å². The Bertz CT molecular complexity index is 1200. The van der Waals surface area contributed by atoms with Gasteiger partial charge in [0.05, 0.1) is 11.7 Å². The number of hydrogen-bond acceptors (Lipinski definition) is 1. The summed E-state index contributed by atoms with van der Waals surface area (Å²) in [5.41, 5.74) is 7.62. The largest absolute Gasteiger partial charge is 0.367 e. The third-order valence-electron chi connectivity index (χ3n) is 6.39. The summed E-state index contributed by atoms with van der Waals surface area (Å²) >= 11 is 0. The molecule has 0 fully saturated rings. The van der Waals surface area contributed by atoms with Crippen molar-refractivity contribution in [2.75, 3.05) is 11.9 Å². The number of likely N-dealkylation sites (N-methyl/N-ethyl adjacent to an activating group) is 1. The maximum atomic E-state index is 3.64. The molecule has 1 aliphatic heterocycles. The van der Waals surface area contributed by atoms with Gasteiger partial charge in [-0.05, 0) is 23.3 Å². The van der Waals surface area contributed by atoms with Gasteiger partial charge in [-0.2, -0.15) is 0 Å². The van der Waals surface area contributed by atoms with Crippen LogP contribution in [0.5, 0.6) is 0 Å². The fourth-order valence-corrected chi connectivity index (χ4v) is 4.85. The number of H-pyrrole nitrogens is 1. The molecule has 1 unspecified atom stereocenters. The van der Waals surface area contributed by atoms with Gasteiger partial charge in [-0.25, -0.2) is 0 Å². The Hall–Kier alpha value is -3.26. The lowest BCUT2D eigenvalue weighted by Gasteiger charge is -2.29. The Balaban J connectivity index is 1.62. The van der Waals surface area contributed by atoms with Gasteiger partial charge in [-0.15, -0.1) is 0 Å². The van der Waals surface area contributed by atoms with E-state index in [-0.39, 0.29) is 5.41 Å². The molecule has 0 saturated heterocycles. The maximum absolute atomic E-state index is 3.64. The van der Waals surface area contributed by atoms with Gasteiger partial charge in [0.25, 0.3) is 0 Å². The van der Waals surface area contributed by atoms with Crippen LogP contribution in [0.2, 0.25) is 0 Å². The van der Waals surface area contributed by atoms with Crippen LogP contribution >= 0.6 is 0 Å². The van der Waals surface area contributed by atoms with Crippen LogP contribution in [-0.4, -0.2) is 18.1 Å². The lowest BCUT2D eigenvalue weighted by molar-refractivity contribution is 0.489. The van der Waals surface area contributed by atoms with Gasteiger partial charge in [-0.1, -0.05) is 92.7 Å². The van der Waals surface area contributed by atoms with Crippen molar-refractivity contribution >= 4 is 22.7 Å². The first-order valence-electron chi connectivity index (χ1n) is 10.2. The molecule has 1 aliphatic rings. The van der Waals surface area contributed by atoms with Crippen molar-refractivity contribution in [2.24, 2.45) is 0 Å². The van der Waals surface area contributed by atoms with Gasteiger partial charge < -0.3 is 9.88 Å². The number of fused-ring (bicyclic) bond motifs is 2. The number of nitrogens with zero attached hydrogens (tertiary/aromatic N) is 1. The minimum Gasteiger partial charge on any atom is -0.367 e. The minimum atomic E-state index is 0.0564. The molecular formula is C27H26N2. The molecule has 2 heteroatoms. The van der Waals surface area contributed by atoms with Crippen LogP contribution in [0.3, 0.4) is 0 Å². The fourth-order valence-electron chi connectivity index (χ4n) is 4.85. The first kappa shape index (κ1) is 17.8. The molecule has 5 rings (SSSR count). The summed E-state index contributed by atoms with van der Waals surface area (Å²) in [5, 5.41) is 1.26. The summed E-state index contributed by atoms with van der Waals surface area (Å²) < 4.78 is 0. The van der Waals surface area contributed by atoms with Crippen molar-refractivity contribution in [1.82, 2.24) is 4.98 Å². The van der Waals surface area contributed by atoms with E-state index in [9.17, 15) is 0 Å². The van der Waals surface area contributed by atoms with Gasteiger partial charge in [0.15, 0.2) is 0 Å². The summed E-state index contributed by atoms with van der Waals surface area (Å²) in [5.74, 6) is 0. The molecule has 1 aromatic heterocycles. The van der Waals surface area contributed by atoms with E-state index in [2.05, 4.69) is 122 Å². The van der Waals surface area contributed by atoms with Crippen molar-refractivity contribution in [3.8, 4) is 11.3 Å². The van der Waals surface area contributed by atoms with Crippen molar-refractivity contribution < 1.29 is 0 Å². The Labute approximate surface area is 172 Å². The molecule has 1 N–H and O–H groups in total. The number of anilines is 1. The highest BCUT2D eigenvalue weighted by atomic mass is 15.2. The van der Waals surface area contributed by atoms with Crippen LogP contribution in [0.4, 0.5) is 5.69 Å². The average Bonchev–Trinajstić information content (AvgIpc) is 3.21. The summed E-state index contributed by atoms with van der Waals surface area (Å²) in [6.45, 7) is 4.69. The number of nitrogens with one attached hydrogen (secondary N) is 1. The van der Waals surface area contributed by atoms with E-state index in [1.54, 1.807) is 0 Å². The molecule has 2 heterocycles. The molecule has 144 valence electrons. The lowest BCUT2D eigenvalue weighted by atomic mass is 9.80. The zero-order valence-electron chi connectivity index (χ0n) is 17.2. The Morgan fingerprint density at radius 2 is 1.55 bits per heavy atom. The maximum Gasteiger partial charge on any atom is 0.0565 e. The summed E-state index contributed by atoms with van der Waals surface area (Å²) in [6.07, 6.45) is 4.69. The molecule has 0 radical (unpaired) electrons. The third-order valence-corrected chi connectivity index (χ3v) is 6.39. The first-order chi connectivity index (χ1) is 14.1. The van der Waals surface area contributed by atoms with Crippen LogP contribution in [0.1, 0.15) is 25.0 Å². The van der Waals surface area contributed by atoms with Crippen molar-refractivity contribution in [3.05, 3.63) is 96.1 Å². The zero-order chi connectivity index (χ0) is 20.0. The summed E-state index contributed by atoms with van der Waals surface area (Å²) in [6, 6.07) is 28.2.